The highest BCUT2D eigenvalue weighted by atomic mass is 15.3. The molecule has 1 saturated heterocycles. The van der Waals surface area contributed by atoms with E-state index in [1.54, 1.807) is 6.20 Å². The summed E-state index contributed by atoms with van der Waals surface area (Å²) in [6, 6.07) is 7.88. The van der Waals surface area contributed by atoms with Crippen LogP contribution in [0, 0.1) is 0 Å². The summed E-state index contributed by atoms with van der Waals surface area (Å²) in [6.45, 7) is 3.56. The number of hydrogen-bond acceptors (Lipinski definition) is 7. The van der Waals surface area contributed by atoms with Crippen molar-refractivity contribution >= 4 is 11.8 Å². The first-order chi connectivity index (χ1) is 13.4. The Hall–Kier alpha value is -3.09. The van der Waals surface area contributed by atoms with Gasteiger partial charge in [0.05, 0.1) is 5.69 Å². The van der Waals surface area contributed by atoms with E-state index in [0.717, 1.165) is 55.0 Å². The maximum absolute atomic E-state index is 4.77. The number of aromatic nitrogens is 5. The molecule has 0 unspecified atom stereocenters. The zero-order valence-corrected chi connectivity index (χ0v) is 15.1. The van der Waals surface area contributed by atoms with Gasteiger partial charge in [0.15, 0.2) is 0 Å². The smallest absolute Gasteiger partial charge is 0.225 e. The predicted octanol–water partition coefficient (Wildman–Crippen LogP) is 2.53. The molecule has 4 heterocycles. The van der Waals surface area contributed by atoms with Gasteiger partial charge in [-0.15, -0.1) is 0 Å². The third kappa shape index (κ3) is 3.45. The first-order valence-electron chi connectivity index (χ1n) is 9.43. The molecule has 0 radical (unpaired) electrons. The summed E-state index contributed by atoms with van der Waals surface area (Å²) in [5, 5.41) is 0. The van der Waals surface area contributed by atoms with Crippen LogP contribution in [-0.2, 0) is 0 Å². The Morgan fingerprint density at radius 1 is 0.815 bits per heavy atom. The molecule has 0 amide bonds. The second kappa shape index (κ2) is 6.90. The van der Waals surface area contributed by atoms with E-state index in [1.807, 2.05) is 42.9 Å². The molecule has 1 aliphatic carbocycles. The fourth-order valence-electron chi connectivity index (χ4n) is 3.39. The van der Waals surface area contributed by atoms with Crippen LogP contribution >= 0.6 is 0 Å². The fourth-order valence-corrected chi connectivity index (χ4v) is 3.39. The average molecular weight is 359 g/mol. The molecule has 2 aliphatic rings. The molecule has 2 fully saturated rings. The quantitative estimate of drug-likeness (QED) is 0.709. The topological polar surface area (TPSA) is 70.9 Å². The zero-order valence-electron chi connectivity index (χ0n) is 15.1. The van der Waals surface area contributed by atoms with Crippen molar-refractivity contribution in [2.75, 3.05) is 36.0 Å². The second-order valence-corrected chi connectivity index (χ2v) is 7.00. The van der Waals surface area contributed by atoms with Crippen LogP contribution in [0.3, 0.4) is 0 Å². The van der Waals surface area contributed by atoms with Crippen molar-refractivity contribution in [2.45, 2.75) is 18.8 Å². The van der Waals surface area contributed by atoms with Gasteiger partial charge in [0.1, 0.15) is 11.6 Å². The van der Waals surface area contributed by atoms with Gasteiger partial charge in [0, 0.05) is 62.4 Å². The van der Waals surface area contributed by atoms with Crippen LogP contribution in [-0.4, -0.2) is 51.1 Å². The van der Waals surface area contributed by atoms with E-state index < -0.39 is 0 Å². The summed E-state index contributed by atoms with van der Waals surface area (Å²) in [5.74, 6) is 3.39. The summed E-state index contributed by atoms with van der Waals surface area (Å²) in [6.07, 6.45) is 9.76. The molecule has 0 spiro atoms. The Morgan fingerprint density at radius 3 is 2.41 bits per heavy atom. The molecular formula is C20H21N7. The zero-order chi connectivity index (χ0) is 18.1. The number of hydrogen-bond donors (Lipinski definition) is 0. The van der Waals surface area contributed by atoms with E-state index in [9.17, 15) is 0 Å². The van der Waals surface area contributed by atoms with Gasteiger partial charge in [-0.3, -0.25) is 4.98 Å². The highest BCUT2D eigenvalue weighted by Crippen LogP contribution is 2.38. The third-order valence-electron chi connectivity index (χ3n) is 5.09. The monoisotopic (exact) mass is 359 g/mol. The van der Waals surface area contributed by atoms with Crippen LogP contribution in [0.15, 0.2) is 49.1 Å². The molecular weight excluding hydrogens is 338 g/mol. The largest absolute Gasteiger partial charge is 0.353 e. The van der Waals surface area contributed by atoms with E-state index in [1.165, 1.54) is 12.8 Å². The number of pyridine rings is 1. The Bertz CT molecular complexity index is 918. The number of nitrogens with zero attached hydrogens (tertiary/aromatic N) is 7. The van der Waals surface area contributed by atoms with Crippen molar-refractivity contribution in [3.05, 3.63) is 54.9 Å². The fraction of sp³-hybridized carbons (Fsp3) is 0.350. The first-order valence-corrected chi connectivity index (χ1v) is 9.43. The van der Waals surface area contributed by atoms with E-state index >= 15 is 0 Å². The van der Waals surface area contributed by atoms with Gasteiger partial charge < -0.3 is 9.80 Å². The second-order valence-electron chi connectivity index (χ2n) is 7.00. The maximum atomic E-state index is 4.77. The van der Waals surface area contributed by atoms with Gasteiger partial charge in [-0.2, -0.15) is 0 Å². The van der Waals surface area contributed by atoms with Gasteiger partial charge in [-0.1, -0.05) is 0 Å². The Labute approximate surface area is 158 Å². The maximum Gasteiger partial charge on any atom is 0.225 e. The Balaban J connectivity index is 1.29. The van der Waals surface area contributed by atoms with Crippen LogP contribution in [0.2, 0.25) is 0 Å². The van der Waals surface area contributed by atoms with Gasteiger partial charge in [0.2, 0.25) is 5.95 Å². The van der Waals surface area contributed by atoms with Crippen molar-refractivity contribution in [3.8, 4) is 11.3 Å². The normalized spacial score (nSPS) is 17.2. The van der Waals surface area contributed by atoms with Gasteiger partial charge >= 0.3 is 0 Å². The van der Waals surface area contributed by atoms with E-state index in [2.05, 4.69) is 24.8 Å². The summed E-state index contributed by atoms with van der Waals surface area (Å²) in [4.78, 5) is 27.2. The molecule has 27 heavy (non-hydrogen) atoms. The minimum Gasteiger partial charge on any atom is -0.353 e. The Kier molecular flexibility index (Phi) is 4.12. The van der Waals surface area contributed by atoms with Crippen LogP contribution in [0.4, 0.5) is 11.8 Å². The van der Waals surface area contributed by atoms with Crippen LogP contribution in [0.1, 0.15) is 24.6 Å². The highest BCUT2D eigenvalue weighted by molar-refractivity contribution is 5.59. The van der Waals surface area contributed by atoms with Crippen LogP contribution in [0.25, 0.3) is 11.3 Å². The van der Waals surface area contributed by atoms with Crippen molar-refractivity contribution in [1.29, 1.82) is 0 Å². The molecule has 1 saturated carbocycles. The molecule has 0 atom stereocenters. The average Bonchev–Trinajstić information content (AvgIpc) is 3.60. The van der Waals surface area contributed by atoms with Gasteiger partial charge in [-0.05, 0) is 37.1 Å². The first kappa shape index (κ1) is 16.1. The standard InChI is InChI=1S/C20H21N7/c1-2-16(14-21-7-1)17-5-8-23-20(24-17)27-12-10-26(11-13-27)18-6-9-22-19(25-18)15-3-4-15/h1-2,5-9,14-15H,3-4,10-13H2. The van der Waals surface area contributed by atoms with Gasteiger partial charge in [0.25, 0.3) is 0 Å². The summed E-state index contributed by atoms with van der Waals surface area (Å²) < 4.78 is 0. The van der Waals surface area contributed by atoms with Crippen molar-refractivity contribution in [1.82, 2.24) is 24.9 Å². The van der Waals surface area contributed by atoms with Crippen molar-refractivity contribution in [2.24, 2.45) is 0 Å². The van der Waals surface area contributed by atoms with Crippen molar-refractivity contribution in [3.63, 3.8) is 0 Å². The highest BCUT2D eigenvalue weighted by Gasteiger charge is 2.27. The predicted molar refractivity (Wildman–Crippen MR) is 104 cm³/mol. The SMILES string of the molecule is c1cncc(-c2ccnc(N3CCN(c4ccnc(C5CC5)n4)CC3)n2)c1. The van der Waals surface area contributed by atoms with Crippen LogP contribution in [0.5, 0.6) is 0 Å². The molecule has 1 aliphatic heterocycles. The lowest BCUT2D eigenvalue weighted by molar-refractivity contribution is 0.632. The minimum atomic E-state index is 0.579. The van der Waals surface area contributed by atoms with E-state index in [-0.39, 0.29) is 0 Å². The summed E-state index contributed by atoms with van der Waals surface area (Å²) in [7, 11) is 0. The van der Waals surface area contributed by atoms with E-state index in [0.29, 0.717) is 5.92 Å². The number of piperazine rings is 1. The lowest BCUT2D eigenvalue weighted by Crippen LogP contribution is -2.47. The number of anilines is 2. The molecule has 3 aromatic heterocycles. The molecule has 7 heteroatoms. The van der Waals surface area contributed by atoms with Crippen molar-refractivity contribution < 1.29 is 0 Å². The molecule has 3 aromatic rings. The molecule has 0 aromatic carbocycles. The lowest BCUT2D eigenvalue weighted by atomic mass is 10.2. The molecule has 5 rings (SSSR count). The summed E-state index contributed by atoms with van der Waals surface area (Å²) >= 11 is 0. The molecule has 7 nitrogen and oxygen atoms in total. The lowest BCUT2D eigenvalue weighted by Gasteiger charge is -2.35. The minimum absolute atomic E-state index is 0.579. The van der Waals surface area contributed by atoms with Gasteiger partial charge in [-0.25, -0.2) is 19.9 Å². The molecule has 136 valence electrons. The Morgan fingerprint density at radius 2 is 1.63 bits per heavy atom. The van der Waals surface area contributed by atoms with Crippen LogP contribution < -0.4 is 9.80 Å². The third-order valence-corrected chi connectivity index (χ3v) is 5.09. The molecule has 0 N–H and O–H groups in total. The van der Waals surface area contributed by atoms with E-state index in [4.69, 9.17) is 9.97 Å². The number of rotatable bonds is 4. The molecule has 0 bridgehead atoms. The summed E-state index contributed by atoms with van der Waals surface area (Å²) in [5.41, 5.74) is 1.91.